The molecule has 0 amide bonds. The van der Waals surface area contributed by atoms with Crippen molar-refractivity contribution >= 4 is 34.5 Å². The number of H-pyrrole nitrogens is 1. The van der Waals surface area contributed by atoms with Crippen LogP contribution in [0, 0.1) is 0 Å². The number of carbonyl (C=O) groups excluding carboxylic acids is 1. The Kier molecular flexibility index (Phi) is 5.35. The molecular weight excluding hydrogens is 338 g/mol. The van der Waals surface area contributed by atoms with E-state index in [-0.39, 0.29) is 5.71 Å². The summed E-state index contributed by atoms with van der Waals surface area (Å²) < 4.78 is 4.80. The van der Waals surface area contributed by atoms with Crippen LogP contribution in [0.25, 0.3) is 11.0 Å². The molecule has 128 valence electrons. The lowest BCUT2D eigenvalue weighted by molar-refractivity contribution is -0.132. The lowest BCUT2D eigenvalue weighted by Crippen LogP contribution is -2.19. The minimum absolute atomic E-state index is 0.144. The summed E-state index contributed by atoms with van der Waals surface area (Å²) in [7, 11) is 2.72. The van der Waals surface area contributed by atoms with Crippen LogP contribution in [-0.2, 0) is 20.1 Å². The molecule has 25 heavy (non-hydrogen) atoms. The zero-order valence-electron chi connectivity index (χ0n) is 13.9. The number of rotatable bonds is 6. The predicted octanol–water partition coefficient (Wildman–Crippen LogP) is 3.38. The SMILES string of the molecule is CO/N=C(/C(=O)OC)c1ccccc1CSc1nc2ccccc2[nH]1. The molecule has 0 spiro atoms. The van der Waals surface area contributed by atoms with Gasteiger partial charge in [-0.2, -0.15) is 0 Å². The molecule has 0 atom stereocenters. The number of para-hydroxylation sites is 2. The number of fused-ring (bicyclic) bond motifs is 1. The molecule has 0 fully saturated rings. The topological polar surface area (TPSA) is 76.6 Å². The second kappa shape index (κ2) is 7.85. The summed E-state index contributed by atoms with van der Waals surface area (Å²) in [4.78, 5) is 24.6. The number of esters is 1. The Balaban J connectivity index is 1.85. The van der Waals surface area contributed by atoms with Crippen molar-refractivity contribution in [1.82, 2.24) is 9.97 Å². The van der Waals surface area contributed by atoms with Crippen molar-refractivity contribution in [3.05, 3.63) is 59.7 Å². The van der Waals surface area contributed by atoms with Crippen LogP contribution in [0.3, 0.4) is 0 Å². The molecule has 0 aliphatic rings. The molecule has 7 heteroatoms. The molecule has 1 N–H and O–H groups in total. The Morgan fingerprint density at radius 1 is 1.16 bits per heavy atom. The Hall–Kier alpha value is -2.80. The predicted molar refractivity (Wildman–Crippen MR) is 97.7 cm³/mol. The van der Waals surface area contributed by atoms with Crippen LogP contribution in [0.5, 0.6) is 0 Å². The zero-order chi connectivity index (χ0) is 17.6. The molecule has 0 radical (unpaired) electrons. The highest BCUT2D eigenvalue weighted by molar-refractivity contribution is 7.98. The van der Waals surface area contributed by atoms with Gasteiger partial charge in [-0.05, 0) is 17.7 Å². The van der Waals surface area contributed by atoms with E-state index in [1.165, 1.54) is 14.2 Å². The van der Waals surface area contributed by atoms with Crippen molar-refractivity contribution in [3.8, 4) is 0 Å². The van der Waals surface area contributed by atoms with Crippen molar-refractivity contribution < 1.29 is 14.4 Å². The minimum Gasteiger partial charge on any atom is -0.464 e. The van der Waals surface area contributed by atoms with E-state index in [4.69, 9.17) is 9.57 Å². The number of imidazole rings is 1. The Morgan fingerprint density at radius 3 is 2.68 bits per heavy atom. The van der Waals surface area contributed by atoms with Gasteiger partial charge in [-0.25, -0.2) is 9.78 Å². The third-order valence-corrected chi connectivity index (χ3v) is 4.49. The van der Waals surface area contributed by atoms with Crippen LogP contribution in [0.2, 0.25) is 0 Å². The average Bonchev–Trinajstić information content (AvgIpc) is 3.07. The summed E-state index contributed by atoms with van der Waals surface area (Å²) in [6.45, 7) is 0. The maximum atomic E-state index is 12.0. The number of benzene rings is 2. The highest BCUT2D eigenvalue weighted by atomic mass is 32.2. The van der Waals surface area contributed by atoms with Gasteiger partial charge < -0.3 is 14.6 Å². The van der Waals surface area contributed by atoms with Crippen LogP contribution in [-0.4, -0.2) is 35.9 Å². The van der Waals surface area contributed by atoms with E-state index in [2.05, 4.69) is 15.1 Å². The molecule has 0 bridgehead atoms. The molecule has 3 aromatic rings. The first-order valence-electron chi connectivity index (χ1n) is 7.58. The van der Waals surface area contributed by atoms with Gasteiger partial charge in [0, 0.05) is 11.3 Å². The quantitative estimate of drug-likeness (QED) is 0.317. The molecule has 1 aromatic heterocycles. The molecule has 3 rings (SSSR count). The van der Waals surface area contributed by atoms with Gasteiger partial charge in [-0.3, -0.25) is 0 Å². The van der Waals surface area contributed by atoms with Gasteiger partial charge in [-0.15, -0.1) is 0 Å². The number of ether oxygens (including phenoxy) is 1. The van der Waals surface area contributed by atoms with E-state index in [0.29, 0.717) is 11.3 Å². The third-order valence-electron chi connectivity index (χ3n) is 3.57. The number of nitrogens with zero attached hydrogens (tertiary/aromatic N) is 2. The van der Waals surface area contributed by atoms with Gasteiger partial charge in [0.2, 0.25) is 0 Å². The maximum Gasteiger partial charge on any atom is 0.360 e. The minimum atomic E-state index is -0.539. The molecule has 0 aliphatic carbocycles. The van der Waals surface area contributed by atoms with E-state index < -0.39 is 5.97 Å². The summed E-state index contributed by atoms with van der Waals surface area (Å²) in [6.07, 6.45) is 0. The number of aromatic amines is 1. The van der Waals surface area contributed by atoms with Gasteiger partial charge in [0.15, 0.2) is 10.9 Å². The normalized spacial score (nSPS) is 11.5. The number of hydrogen-bond acceptors (Lipinski definition) is 6. The Morgan fingerprint density at radius 2 is 1.92 bits per heavy atom. The van der Waals surface area contributed by atoms with E-state index in [1.807, 2.05) is 48.5 Å². The number of methoxy groups -OCH3 is 1. The van der Waals surface area contributed by atoms with Gasteiger partial charge >= 0.3 is 5.97 Å². The fourth-order valence-electron chi connectivity index (χ4n) is 2.41. The zero-order valence-corrected chi connectivity index (χ0v) is 14.7. The van der Waals surface area contributed by atoms with Crippen LogP contribution < -0.4 is 0 Å². The fourth-order valence-corrected chi connectivity index (χ4v) is 3.29. The maximum absolute atomic E-state index is 12.0. The lowest BCUT2D eigenvalue weighted by Gasteiger charge is -2.09. The van der Waals surface area contributed by atoms with E-state index in [1.54, 1.807) is 11.8 Å². The molecule has 0 aliphatic heterocycles. The van der Waals surface area contributed by atoms with Crippen molar-refractivity contribution in [2.24, 2.45) is 5.16 Å². The van der Waals surface area contributed by atoms with Crippen molar-refractivity contribution in [3.63, 3.8) is 0 Å². The summed E-state index contributed by atoms with van der Waals surface area (Å²) >= 11 is 1.55. The largest absolute Gasteiger partial charge is 0.464 e. The van der Waals surface area contributed by atoms with Gasteiger partial charge in [0.1, 0.15) is 7.11 Å². The number of oxime groups is 1. The first kappa shape index (κ1) is 17.0. The van der Waals surface area contributed by atoms with Crippen LogP contribution in [0.1, 0.15) is 11.1 Å². The summed E-state index contributed by atoms with van der Waals surface area (Å²) in [5, 5.41) is 4.64. The molecule has 0 unspecified atom stereocenters. The lowest BCUT2D eigenvalue weighted by atomic mass is 10.0. The number of nitrogens with one attached hydrogen (secondary N) is 1. The summed E-state index contributed by atoms with van der Waals surface area (Å²) in [5.41, 5.74) is 3.68. The van der Waals surface area contributed by atoms with E-state index in [0.717, 1.165) is 21.8 Å². The number of thioether (sulfide) groups is 1. The Bertz CT molecular complexity index is 888. The van der Waals surface area contributed by atoms with E-state index >= 15 is 0 Å². The molecule has 6 nitrogen and oxygen atoms in total. The second-order valence-corrected chi connectivity index (χ2v) is 6.08. The molecule has 0 saturated heterocycles. The number of carbonyl (C=O) groups is 1. The third kappa shape index (κ3) is 3.83. The highest BCUT2D eigenvalue weighted by Crippen LogP contribution is 2.25. The highest BCUT2D eigenvalue weighted by Gasteiger charge is 2.19. The Labute approximate surface area is 149 Å². The fraction of sp³-hybridized carbons (Fsp3) is 0.167. The molecular formula is C18H17N3O3S. The second-order valence-electron chi connectivity index (χ2n) is 5.12. The summed E-state index contributed by atoms with van der Waals surface area (Å²) in [6, 6.07) is 15.4. The van der Waals surface area contributed by atoms with Gasteiger partial charge in [-0.1, -0.05) is 53.3 Å². The molecule has 2 aromatic carbocycles. The van der Waals surface area contributed by atoms with Crippen LogP contribution in [0.15, 0.2) is 58.8 Å². The number of hydrogen-bond donors (Lipinski definition) is 1. The molecule has 1 heterocycles. The van der Waals surface area contributed by atoms with Gasteiger partial charge in [0.25, 0.3) is 0 Å². The summed E-state index contributed by atoms with van der Waals surface area (Å²) in [5.74, 6) is 0.0819. The first-order chi connectivity index (χ1) is 12.2. The molecule has 0 saturated carbocycles. The van der Waals surface area contributed by atoms with Crippen LogP contribution >= 0.6 is 11.8 Å². The first-order valence-corrected chi connectivity index (χ1v) is 8.56. The van der Waals surface area contributed by atoms with Crippen molar-refractivity contribution in [2.75, 3.05) is 14.2 Å². The van der Waals surface area contributed by atoms with Gasteiger partial charge in [0.05, 0.1) is 18.1 Å². The smallest absolute Gasteiger partial charge is 0.360 e. The van der Waals surface area contributed by atoms with Crippen molar-refractivity contribution in [1.29, 1.82) is 0 Å². The van der Waals surface area contributed by atoms with E-state index in [9.17, 15) is 4.79 Å². The van der Waals surface area contributed by atoms with Crippen LogP contribution in [0.4, 0.5) is 0 Å². The number of aromatic nitrogens is 2. The monoisotopic (exact) mass is 355 g/mol. The standard InChI is InChI=1S/C18H17N3O3S/c1-23-17(22)16(21-24-2)13-8-4-3-7-12(13)11-25-18-19-14-9-5-6-10-15(14)20-18/h3-10H,11H2,1-2H3,(H,19,20)/b21-16+. The van der Waals surface area contributed by atoms with Crippen molar-refractivity contribution in [2.45, 2.75) is 10.9 Å². The average molecular weight is 355 g/mol.